The molecular formula is C21H25F2N3O2. The minimum absolute atomic E-state index is 0.0353. The van der Waals surface area contributed by atoms with Crippen molar-refractivity contribution in [1.82, 2.24) is 4.90 Å². The summed E-state index contributed by atoms with van der Waals surface area (Å²) >= 11 is 0. The molecule has 28 heavy (non-hydrogen) atoms. The number of carbonyl (C=O) groups excluding carboxylic acids is 2. The summed E-state index contributed by atoms with van der Waals surface area (Å²) in [7, 11) is 0. The molecule has 0 radical (unpaired) electrons. The van der Waals surface area contributed by atoms with Crippen molar-refractivity contribution in [2.75, 3.05) is 23.7 Å². The van der Waals surface area contributed by atoms with Gasteiger partial charge >= 0.3 is 0 Å². The van der Waals surface area contributed by atoms with Crippen molar-refractivity contribution in [3.63, 3.8) is 0 Å². The summed E-state index contributed by atoms with van der Waals surface area (Å²) < 4.78 is 26.6. The predicted octanol–water partition coefficient (Wildman–Crippen LogP) is 3.89. The van der Waals surface area contributed by atoms with E-state index in [1.54, 1.807) is 17.0 Å². The molecule has 150 valence electrons. The molecule has 0 aromatic heterocycles. The molecule has 0 fully saturated rings. The van der Waals surface area contributed by atoms with Crippen LogP contribution in [-0.2, 0) is 9.59 Å². The van der Waals surface area contributed by atoms with Crippen LogP contribution in [0.25, 0.3) is 0 Å². The average Bonchev–Trinajstić information content (AvgIpc) is 2.60. The maximum atomic E-state index is 13.3. The molecule has 1 atom stereocenters. The Labute approximate surface area is 163 Å². The number of hydrogen-bond donors (Lipinski definition) is 2. The number of nitrogens with zero attached hydrogens (tertiary/aromatic N) is 1. The van der Waals surface area contributed by atoms with Crippen molar-refractivity contribution < 1.29 is 18.4 Å². The molecule has 2 aromatic carbocycles. The van der Waals surface area contributed by atoms with E-state index in [1.165, 1.54) is 36.4 Å². The molecule has 7 heteroatoms. The highest BCUT2D eigenvalue weighted by atomic mass is 19.1. The van der Waals surface area contributed by atoms with Crippen LogP contribution in [0, 0.1) is 17.6 Å². The zero-order valence-electron chi connectivity index (χ0n) is 16.2. The molecule has 0 aliphatic heterocycles. The number of amides is 2. The summed E-state index contributed by atoms with van der Waals surface area (Å²) in [4.78, 5) is 26.5. The highest BCUT2D eigenvalue weighted by Crippen LogP contribution is 2.14. The van der Waals surface area contributed by atoms with Gasteiger partial charge in [-0.25, -0.2) is 8.78 Å². The van der Waals surface area contributed by atoms with Crippen molar-refractivity contribution in [2.24, 2.45) is 5.92 Å². The molecule has 2 rings (SSSR count). The van der Waals surface area contributed by atoms with E-state index in [4.69, 9.17) is 0 Å². The zero-order valence-corrected chi connectivity index (χ0v) is 16.2. The summed E-state index contributed by atoms with van der Waals surface area (Å²) in [5, 5.41) is 5.27. The third-order valence-electron chi connectivity index (χ3n) is 4.45. The van der Waals surface area contributed by atoms with Gasteiger partial charge in [-0.05, 0) is 49.2 Å². The number of benzene rings is 2. The maximum absolute atomic E-state index is 13.3. The molecule has 0 aliphatic carbocycles. The fourth-order valence-corrected chi connectivity index (χ4v) is 2.67. The van der Waals surface area contributed by atoms with Crippen molar-refractivity contribution in [3.8, 4) is 0 Å². The molecule has 2 N–H and O–H groups in total. The largest absolute Gasteiger partial charge is 0.325 e. The third-order valence-corrected chi connectivity index (χ3v) is 4.45. The van der Waals surface area contributed by atoms with Gasteiger partial charge < -0.3 is 10.6 Å². The molecule has 0 saturated heterocycles. The van der Waals surface area contributed by atoms with Gasteiger partial charge in [-0.3, -0.25) is 14.5 Å². The lowest BCUT2D eigenvalue weighted by Crippen LogP contribution is -2.45. The summed E-state index contributed by atoms with van der Waals surface area (Å²) in [5.41, 5.74) is 0.706. The van der Waals surface area contributed by atoms with E-state index in [-0.39, 0.29) is 36.9 Å². The van der Waals surface area contributed by atoms with Crippen LogP contribution in [-0.4, -0.2) is 35.8 Å². The second-order valence-electron chi connectivity index (χ2n) is 7.01. The second-order valence-corrected chi connectivity index (χ2v) is 7.01. The quantitative estimate of drug-likeness (QED) is 0.720. The third kappa shape index (κ3) is 6.74. The van der Waals surface area contributed by atoms with Gasteiger partial charge in [0, 0.05) is 17.4 Å². The van der Waals surface area contributed by atoms with E-state index >= 15 is 0 Å². The van der Waals surface area contributed by atoms with Crippen LogP contribution in [0.15, 0.2) is 48.5 Å². The number of nitrogens with one attached hydrogen (secondary N) is 2. The van der Waals surface area contributed by atoms with Crippen molar-refractivity contribution in [3.05, 3.63) is 60.2 Å². The molecule has 0 heterocycles. The Balaban J connectivity index is 2.02. The first-order valence-electron chi connectivity index (χ1n) is 9.09. The van der Waals surface area contributed by atoms with Gasteiger partial charge in [0.05, 0.1) is 13.1 Å². The van der Waals surface area contributed by atoms with Gasteiger partial charge in [0.2, 0.25) is 11.8 Å². The zero-order chi connectivity index (χ0) is 20.7. The van der Waals surface area contributed by atoms with Gasteiger partial charge in [-0.1, -0.05) is 26.0 Å². The predicted molar refractivity (Wildman–Crippen MR) is 106 cm³/mol. The van der Waals surface area contributed by atoms with Crippen LogP contribution in [0.2, 0.25) is 0 Å². The minimum atomic E-state index is -0.445. The highest BCUT2D eigenvalue weighted by Gasteiger charge is 2.22. The number of halogens is 2. The topological polar surface area (TPSA) is 61.4 Å². The maximum Gasteiger partial charge on any atom is 0.238 e. The number of rotatable bonds is 8. The first-order chi connectivity index (χ1) is 13.2. The van der Waals surface area contributed by atoms with E-state index < -0.39 is 11.6 Å². The molecule has 0 bridgehead atoms. The van der Waals surface area contributed by atoms with Crippen LogP contribution < -0.4 is 10.6 Å². The van der Waals surface area contributed by atoms with Crippen LogP contribution >= 0.6 is 0 Å². The lowest BCUT2D eigenvalue weighted by atomic mass is 10.0. The lowest BCUT2D eigenvalue weighted by molar-refractivity contribution is -0.121. The average molecular weight is 389 g/mol. The second kappa shape index (κ2) is 9.94. The first-order valence-corrected chi connectivity index (χ1v) is 9.09. The fraction of sp³-hybridized carbons (Fsp3) is 0.333. The van der Waals surface area contributed by atoms with E-state index in [0.717, 1.165) is 0 Å². The number of hydrogen-bond acceptors (Lipinski definition) is 3. The molecule has 2 amide bonds. The molecular weight excluding hydrogens is 364 g/mol. The molecule has 0 aliphatic rings. The Morgan fingerprint density at radius 2 is 1.29 bits per heavy atom. The highest BCUT2D eigenvalue weighted by molar-refractivity contribution is 5.94. The van der Waals surface area contributed by atoms with E-state index in [2.05, 4.69) is 10.6 Å². The monoisotopic (exact) mass is 389 g/mol. The number of carbonyl (C=O) groups is 2. The standard InChI is InChI=1S/C21H25F2N3O2/c1-14(2)15(3)26(12-20(27)24-18-8-4-6-16(22)10-18)13-21(28)25-19-9-5-7-17(23)11-19/h4-11,14-15H,12-13H2,1-3H3,(H,24,27)(H,25,28)/t15-/m1/s1. The summed E-state index contributed by atoms with van der Waals surface area (Å²) in [6.07, 6.45) is 0. The molecule has 2 aromatic rings. The summed E-state index contributed by atoms with van der Waals surface area (Å²) in [5.74, 6) is -1.39. The van der Waals surface area contributed by atoms with Crippen molar-refractivity contribution >= 4 is 23.2 Å². The van der Waals surface area contributed by atoms with Gasteiger partial charge in [0.25, 0.3) is 0 Å². The van der Waals surface area contributed by atoms with Gasteiger partial charge in [-0.15, -0.1) is 0 Å². The Hall–Kier alpha value is -2.80. The Bertz CT molecular complexity index is 765. The van der Waals surface area contributed by atoms with E-state index in [1.807, 2.05) is 20.8 Å². The fourth-order valence-electron chi connectivity index (χ4n) is 2.67. The first kappa shape index (κ1) is 21.5. The summed E-state index contributed by atoms with van der Waals surface area (Å²) in [6, 6.07) is 11.2. The van der Waals surface area contributed by atoms with Gasteiger partial charge in [-0.2, -0.15) is 0 Å². The van der Waals surface area contributed by atoms with Crippen LogP contribution in [0.4, 0.5) is 20.2 Å². The van der Waals surface area contributed by atoms with Crippen molar-refractivity contribution in [1.29, 1.82) is 0 Å². The molecule has 0 unspecified atom stereocenters. The molecule has 5 nitrogen and oxygen atoms in total. The Kier molecular flexibility index (Phi) is 7.63. The van der Waals surface area contributed by atoms with Gasteiger partial charge in [0.1, 0.15) is 11.6 Å². The van der Waals surface area contributed by atoms with E-state index in [0.29, 0.717) is 11.4 Å². The number of anilines is 2. The van der Waals surface area contributed by atoms with Crippen LogP contribution in [0.5, 0.6) is 0 Å². The molecule has 0 spiro atoms. The minimum Gasteiger partial charge on any atom is -0.325 e. The molecule has 0 saturated carbocycles. The Morgan fingerprint density at radius 1 is 0.857 bits per heavy atom. The van der Waals surface area contributed by atoms with Gasteiger partial charge in [0.15, 0.2) is 0 Å². The van der Waals surface area contributed by atoms with Crippen molar-refractivity contribution in [2.45, 2.75) is 26.8 Å². The SMILES string of the molecule is CC(C)[C@@H](C)N(CC(=O)Nc1cccc(F)c1)CC(=O)Nc1cccc(F)c1. The summed E-state index contributed by atoms with van der Waals surface area (Å²) in [6.45, 7) is 5.84. The van der Waals surface area contributed by atoms with Crippen LogP contribution in [0.1, 0.15) is 20.8 Å². The smallest absolute Gasteiger partial charge is 0.238 e. The van der Waals surface area contributed by atoms with E-state index in [9.17, 15) is 18.4 Å². The normalized spacial score (nSPS) is 12.1. The lowest BCUT2D eigenvalue weighted by Gasteiger charge is -2.30. The Morgan fingerprint density at radius 3 is 1.64 bits per heavy atom. The van der Waals surface area contributed by atoms with Crippen LogP contribution in [0.3, 0.4) is 0 Å².